The Balaban J connectivity index is 1.56. The molecule has 2 aromatic rings. The highest BCUT2D eigenvalue weighted by atomic mass is 16.5. The molecule has 2 heterocycles. The Morgan fingerprint density at radius 3 is 2.65 bits per heavy atom. The van der Waals surface area contributed by atoms with Crippen LogP contribution in [-0.2, 0) is 17.8 Å². The third-order valence-electron chi connectivity index (χ3n) is 5.10. The van der Waals surface area contributed by atoms with Gasteiger partial charge in [0.25, 0.3) is 0 Å². The molecular weight excluding hydrogens is 288 g/mol. The van der Waals surface area contributed by atoms with E-state index >= 15 is 0 Å². The molecule has 1 spiro atoms. The Morgan fingerprint density at radius 1 is 1.17 bits per heavy atom. The van der Waals surface area contributed by atoms with Crippen LogP contribution < -0.4 is 10.1 Å². The number of para-hydroxylation sites is 1. The molecule has 0 aromatic heterocycles. The van der Waals surface area contributed by atoms with Crippen molar-refractivity contribution in [3.8, 4) is 5.75 Å². The Kier molecular flexibility index (Phi) is 3.34. The lowest BCUT2D eigenvalue weighted by atomic mass is 9.75. The Bertz CT molecular complexity index is 741. The molecule has 2 aromatic carbocycles. The number of anilines is 1. The monoisotopic (exact) mass is 308 g/mol. The zero-order valence-electron chi connectivity index (χ0n) is 13.2. The molecule has 4 nitrogen and oxygen atoms in total. The SMILES string of the molecule is COc1ccc(CN2CCC23Cc2ccccc2NC3=O)cc1. The molecular formula is C19H20N2O2. The Hall–Kier alpha value is -2.33. The molecule has 1 amide bonds. The normalized spacial score (nSPS) is 23.1. The van der Waals surface area contributed by atoms with Crippen LogP contribution in [0.2, 0.25) is 0 Å². The molecule has 2 aliphatic rings. The number of amides is 1. The number of hydrogen-bond acceptors (Lipinski definition) is 3. The molecule has 0 radical (unpaired) electrons. The second-order valence-electron chi connectivity index (χ2n) is 6.34. The average molecular weight is 308 g/mol. The van der Waals surface area contributed by atoms with Crippen LogP contribution in [0, 0.1) is 0 Å². The van der Waals surface area contributed by atoms with Crippen molar-refractivity contribution in [1.82, 2.24) is 4.90 Å². The molecule has 4 heteroatoms. The number of nitrogens with zero attached hydrogens (tertiary/aromatic N) is 1. The molecule has 1 N–H and O–H groups in total. The minimum atomic E-state index is -0.381. The van der Waals surface area contributed by atoms with Gasteiger partial charge >= 0.3 is 0 Å². The third kappa shape index (κ3) is 2.30. The molecule has 1 fully saturated rings. The van der Waals surface area contributed by atoms with Crippen molar-refractivity contribution in [3.63, 3.8) is 0 Å². The minimum absolute atomic E-state index is 0.135. The zero-order chi connectivity index (χ0) is 15.9. The summed E-state index contributed by atoms with van der Waals surface area (Å²) < 4.78 is 5.20. The summed E-state index contributed by atoms with van der Waals surface area (Å²) in [6.45, 7) is 1.75. The molecule has 1 saturated heterocycles. The molecule has 2 aliphatic heterocycles. The minimum Gasteiger partial charge on any atom is -0.497 e. The van der Waals surface area contributed by atoms with Crippen LogP contribution in [0.3, 0.4) is 0 Å². The maximum absolute atomic E-state index is 12.7. The maximum Gasteiger partial charge on any atom is 0.245 e. The third-order valence-corrected chi connectivity index (χ3v) is 5.10. The summed E-state index contributed by atoms with van der Waals surface area (Å²) in [5.74, 6) is 0.993. The summed E-state index contributed by atoms with van der Waals surface area (Å²) in [5, 5.41) is 3.09. The van der Waals surface area contributed by atoms with Crippen molar-refractivity contribution in [2.45, 2.75) is 24.9 Å². The van der Waals surface area contributed by atoms with E-state index in [0.717, 1.165) is 37.4 Å². The lowest BCUT2D eigenvalue weighted by Gasteiger charge is -2.53. The molecule has 1 atom stereocenters. The number of rotatable bonds is 3. The number of methoxy groups -OCH3 is 1. The zero-order valence-corrected chi connectivity index (χ0v) is 13.2. The first kappa shape index (κ1) is 14.3. The van der Waals surface area contributed by atoms with Gasteiger partial charge in [-0.25, -0.2) is 0 Å². The van der Waals surface area contributed by atoms with Crippen molar-refractivity contribution >= 4 is 11.6 Å². The standard InChI is InChI=1S/C19H20N2O2/c1-23-16-8-6-14(7-9-16)13-21-11-10-19(21)12-15-4-2-3-5-17(15)20-18(19)22/h2-9H,10-13H2,1H3,(H,20,22). The van der Waals surface area contributed by atoms with E-state index < -0.39 is 0 Å². The van der Waals surface area contributed by atoms with E-state index in [-0.39, 0.29) is 11.4 Å². The number of fused-ring (bicyclic) bond motifs is 1. The van der Waals surface area contributed by atoms with E-state index in [2.05, 4.69) is 28.4 Å². The predicted octanol–water partition coefficient (Wildman–Crippen LogP) is 2.83. The van der Waals surface area contributed by atoms with Crippen LogP contribution in [0.15, 0.2) is 48.5 Å². The first-order chi connectivity index (χ1) is 11.2. The highest BCUT2D eigenvalue weighted by Crippen LogP contribution is 2.41. The van der Waals surface area contributed by atoms with E-state index in [4.69, 9.17) is 4.74 Å². The van der Waals surface area contributed by atoms with E-state index in [0.29, 0.717) is 0 Å². The molecule has 0 bridgehead atoms. The van der Waals surface area contributed by atoms with Crippen molar-refractivity contribution in [1.29, 1.82) is 0 Å². The summed E-state index contributed by atoms with van der Waals surface area (Å²) in [7, 11) is 1.67. The number of ether oxygens (including phenoxy) is 1. The van der Waals surface area contributed by atoms with Gasteiger partial charge in [-0.15, -0.1) is 0 Å². The second-order valence-corrected chi connectivity index (χ2v) is 6.34. The lowest BCUT2D eigenvalue weighted by molar-refractivity contribution is -0.139. The van der Waals surface area contributed by atoms with Crippen molar-refractivity contribution < 1.29 is 9.53 Å². The highest BCUT2D eigenvalue weighted by Gasteiger charge is 2.52. The predicted molar refractivity (Wildman–Crippen MR) is 89.5 cm³/mol. The number of nitrogens with one attached hydrogen (secondary N) is 1. The number of carbonyl (C=O) groups is 1. The van der Waals surface area contributed by atoms with Gasteiger partial charge in [0.05, 0.1) is 7.11 Å². The van der Waals surface area contributed by atoms with Gasteiger partial charge in [-0.2, -0.15) is 0 Å². The lowest BCUT2D eigenvalue weighted by Crippen LogP contribution is -2.68. The van der Waals surface area contributed by atoms with Crippen molar-refractivity contribution in [2.75, 3.05) is 19.0 Å². The molecule has 0 aliphatic carbocycles. The molecule has 4 rings (SSSR count). The molecule has 1 unspecified atom stereocenters. The fourth-order valence-electron chi connectivity index (χ4n) is 3.61. The quantitative estimate of drug-likeness (QED) is 0.948. The van der Waals surface area contributed by atoms with Crippen molar-refractivity contribution in [3.05, 3.63) is 59.7 Å². The Morgan fingerprint density at radius 2 is 1.96 bits per heavy atom. The highest BCUT2D eigenvalue weighted by molar-refractivity contribution is 6.01. The number of hydrogen-bond donors (Lipinski definition) is 1. The van der Waals surface area contributed by atoms with Gasteiger partial charge in [-0.05, 0) is 35.7 Å². The van der Waals surface area contributed by atoms with Crippen LogP contribution in [0.4, 0.5) is 5.69 Å². The molecule has 0 saturated carbocycles. The largest absolute Gasteiger partial charge is 0.497 e. The van der Waals surface area contributed by atoms with E-state index in [1.54, 1.807) is 7.11 Å². The summed E-state index contributed by atoms with van der Waals surface area (Å²) in [6, 6.07) is 16.2. The first-order valence-corrected chi connectivity index (χ1v) is 7.99. The molecule has 118 valence electrons. The molecule has 23 heavy (non-hydrogen) atoms. The van der Waals surface area contributed by atoms with Gasteiger partial charge in [0.15, 0.2) is 0 Å². The summed E-state index contributed by atoms with van der Waals surface area (Å²) in [6.07, 6.45) is 1.72. The van der Waals surface area contributed by atoms with Crippen LogP contribution >= 0.6 is 0 Å². The van der Waals surface area contributed by atoms with Gasteiger partial charge in [-0.1, -0.05) is 30.3 Å². The van der Waals surface area contributed by atoms with E-state index in [1.165, 1.54) is 11.1 Å². The van der Waals surface area contributed by atoms with Crippen LogP contribution in [0.5, 0.6) is 5.75 Å². The number of benzene rings is 2. The Labute approximate surface area is 136 Å². The second kappa shape index (κ2) is 5.39. The fraction of sp³-hybridized carbons (Fsp3) is 0.316. The van der Waals surface area contributed by atoms with Gasteiger partial charge < -0.3 is 10.1 Å². The fourth-order valence-corrected chi connectivity index (χ4v) is 3.61. The number of carbonyl (C=O) groups excluding carboxylic acids is 1. The van der Waals surface area contributed by atoms with Crippen LogP contribution in [0.1, 0.15) is 17.5 Å². The summed E-state index contributed by atoms with van der Waals surface area (Å²) >= 11 is 0. The summed E-state index contributed by atoms with van der Waals surface area (Å²) in [5.41, 5.74) is 3.01. The maximum atomic E-state index is 12.7. The van der Waals surface area contributed by atoms with E-state index in [1.807, 2.05) is 30.3 Å². The van der Waals surface area contributed by atoms with Gasteiger partial charge in [0.1, 0.15) is 11.3 Å². The van der Waals surface area contributed by atoms with Gasteiger partial charge in [0.2, 0.25) is 5.91 Å². The van der Waals surface area contributed by atoms with Crippen LogP contribution in [0.25, 0.3) is 0 Å². The smallest absolute Gasteiger partial charge is 0.245 e. The average Bonchev–Trinajstić information content (AvgIpc) is 2.58. The topological polar surface area (TPSA) is 41.6 Å². The van der Waals surface area contributed by atoms with E-state index in [9.17, 15) is 4.79 Å². The van der Waals surface area contributed by atoms with Gasteiger partial charge in [-0.3, -0.25) is 9.69 Å². The summed E-state index contributed by atoms with van der Waals surface area (Å²) in [4.78, 5) is 15.0. The van der Waals surface area contributed by atoms with Crippen LogP contribution in [-0.4, -0.2) is 30.0 Å². The van der Waals surface area contributed by atoms with Crippen molar-refractivity contribution in [2.24, 2.45) is 0 Å². The van der Waals surface area contributed by atoms with Gasteiger partial charge in [0, 0.05) is 25.2 Å². The number of likely N-dealkylation sites (tertiary alicyclic amines) is 1. The first-order valence-electron chi connectivity index (χ1n) is 7.99.